The van der Waals surface area contributed by atoms with E-state index in [1.54, 1.807) is 18.5 Å². The first kappa shape index (κ1) is 27.6. The van der Waals surface area contributed by atoms with Crippen LogP contribution in [0.5, 0.6) is 5.75 Å². The maximum absolute atomic E-state index is 15.2. The van der Waals surface area contributed by atoms with Crippen LogP contribution in [-0.2, 0) is 11.3 Å². The van der Waals surface area contributed by atoms with E-state index in [1.807, 2.05) is 10.9 Å². The van der Waals surface area contributed by atoms with Crippen molar-refractivity contribution in [2.45, 2.75) is 33.2 Å². The Morgan fingerprint density at radius 2 is 1.90 bits per heavy atom. The molecule has 3 aromatic heterocycles. The van der Waals surface area contributed by atoms with Crippen molar-refractivity contribution in [3.05, 3.63) is 48.4 Å². The van der Waals surface area contributed by atoms with Crippen LogP contribution in [0.1, 0.15) is 26.7 Å². The molecular weight excluding hydrogens is 520 g/mol. The van der Waals surface area contributed by atoms with Crippen molar-refractivity contribution >= 4 is 5.82 Å². The van der Waals surface area contributed by atoms with Crippen LogP contribution in [0.15, 0.2) is 36.8 Å². The molecule has 40 heavy (non-hydrogen) atoms. The topological polar surface area (TPSA) is 122 Å². The summed E-state index contributed by atoms with van der Waals surface area (Å²) >= 11 is 0. The number of morpholine rings is 1. The van der Waals surface area contributed by atoms with Gasteiger partial charge in [0.15, 0.2) is 17.4 Å². The van der Waals surface area contributed by atoms with E-state index in [0.717, 1.165) is 48.4 Å². The van der Waals surface area contributed by atoms with E-state index < -0.39 is 11.6 Å². The first-order valence-electron chi connectivity index (χ1n) is 13.4. The number of anilines is 1. The number of aryl methyl sites for hydroxylation is 1. The van der Waals surface area contributed by atoms with Gasteiger partial charge in [0.2, 0.25) is 5.82 Å². The molecule has 212 valence electrons. The Bertz CT molecular complexity index is 1430. The predicted octanol–water partition coefficient (Wildman–Crippen LogP) is 3.60. The molecule has 0 spiro atoms. The second-order valence-corrected chi connectivity index (χ2v) is 10.1. The van der Waals surface area contributed by atoms with Crippen LogP contribution in [0, 0.1) is 17.6 Å². The van der Waals surface area contributed by atoms with Gasteiger partial charge in [-0.3, -0.25) is 9.58 Å². The zero-order chi connectivity index (χ0) is 28.1. The van der Waals surface area contributed by atoms with Crippen LogP contribution >= 0.6 is 0 Å². The second-order valence-electron chi connectivity index (χ2n) is 10.1. The number of halogens is 2. The fourth-order valence-corrected chi connectivity index (χ4v) is 4.45. The summed E-state index contributed by atoms with van der Waals surface area (Å²) in [7, 11) is 0. The molecule has 0 amide bonds. The van der Waals surface area contributed by atoms with Crippen molar-refractivity contribution in [3.63, 3.8) is 0 Å². The smallest absolute Gasteiger partial charge is 0.202 e. The van der Waals surface area contributed by atoms with Gasteiger partial charge < -0.3 is 15.2 Å². The number of tetrazole rings is 1. The summed E-state index contributed by atoms with van der Waals surface area (Å²) in [4.78, 5) is 6.54. The SMILES string of the molecule is CC(C)CCn1cc(-c2cnc(N)c(-c3nnnn3-c3ccc(OCCCN4CCOCC4)c(F)c3F)c2)cn1. The minimum Gasteiger partial charge on any atom is -0.490 e. The Balaban J connectivity index is 1.33. The van der Waals surface area contributed by atoms with E-state index in [1.165, 1.54) is 12.1 Å². The number of nitrogen functional groups attached to an aromatic ring is 1. The molecule has 1 saturated heterocycles. The lowest BCUT2D eigenvalue weighted by Crippen LogP contribution is -2.37. The van der Waals surface area contributed by atoms with Gasteiger partial charge in [0, 0.05) is 49.7 Å². The van der Waals surface area contributed by atoms with Crippen molar-refractivity contribution in [3.8, 4) is 34.0 Å². The molecule has 0 radical (unpaired) electrons. The molecule has 4 heterocycles. The number of aromatic nitrogens is 7. The molecule has 2 N–H and O–H groups in total. The van der Waals surface area contributed by atoms with Gasteiger partial charge in [-0.05, 0) is 47.4 Å². The number of pyridine rings is 1. The number of hydrogen-bond acceptors (Lipinski definition) is 9. The molecule has 0 unspecified atom stereocenters. The lowest BCUT2D eigenvalue weighted by Gasteiger charge is -2.26. The van der Waals surface area contributed by atoms with Gasteiger partial charge in [-0.2, -0.15) is 14.2 Å². The lowest BCUT2D eigenvalue weighted by molar-refractivity contribution is 0.0357. The van der Waals surface area contributed by atoms with Crippen LogP contribution in [0.25, 0.3) is 28.2 Å². The summed E-state index contributed by atoms with van der Waals surface area (Å²) < 4.78 is 44.1. The van der Waals surface area contributed by atoms with Crippen LogP contribution in [0.3, 0.4) is 0 Å². The first-order valence-corrected chi connectivity index (χ1v) is 13.4. The summed E-state index contributed by atoms with van der Waals surface area (Å²) in [5.74, 6) is -1.59. The molecule has 0 saturated carbocycles. The summed E-state index contributed by atoms with van der Waals surface area (Å²) in [6.07, 6.45) is 6.98. The molecule has 0 atom stereocenters. The van der Waals surface area contributed by atoms with E-state index in [2.05, 4.69) is 44.4 Å². The van der Waals surface area contributed by atoms with Gasteiger partial charge in [0.25, 0.3) is 0 Å². The largest absolute Gasteiger partial charge is 0.490 e. The standard InChI is InChI=1S/C27H33F2N9O2/c1-18(2)6-8-37-17-20(16-32-37)19-14-21(26(30)31-15-19)27-33-34-35-38(27)22-4-5-23(25(29)24(22)28)40-11-3-7-36-9-12-39-13-10-36/h4-5,14-18H,3,6-13H2,1-2H3,(H2,30,31). The number of rotatable bonds is 11. The maximum atomic E-state index is 15.2. The normalized spacial score (nSPS) is 14.2. The zero-order valence-corrected chi connectivity index (χ0v) is 22.6. The summed E-state index contributed by atoms with van der Waals surface area (Å²) in [6, 6.07) is 4.51. The number of hydrogen-bond donors (Lipinski definition) is 1. The van der Waals surface area contributed by atoms with Gasteiger partial charge in [-0.1, -0.05) is 13.8 Å². The molecule has 1 aromatic carbocycles. The Morgan fingerprint density at radius 1 is 1.07 bits per heavy atom. The molecule has 11 nitrogen and oxygen atoms in total. The minimum absolute atomic E-state index is 0.122. The van der Waals surface area contributed by atoms with E-state index in [0.29, 0.717) is 31.1 Å². The van der Waals surface area contributed by atoms with Gasteiger partial charge in [0.05, 0.1) is 31.6 Å². The first-order chi connectivity index (χ1) is 19.4. The maximum Gasteiger partial charge on any atom is 0.202 e. The zero-order valence-electron chi connectivity index (χ0n) is 22.6. The van der Waals surface area contributed by atoms with E-state index in [-0.39, 0.29) is 29.7 Å². The summed E-state index contributed by atoms with van der Waals surface area (Å²) in [5, 5.41) is 16.1. The predicted molar refractivity (Wildman–Crippen MR) is 145 cm³/mol. The molecule has 13 heteroatoms. The van der Waals surface area contributed by atoms with Gasteiger partial charge in [-0.25, -0.2) is 9.37 Å². The average Bonchev–Trinajstić information content (AvgIpc) is 3.63. The number of ether oxygens (including phenoxy) is 2. The molecule has 1 fully saturated rings. The summed E-state index contributed by atoms with van der Waals surface area (Å²) in [6.45, 7) is 9.30. The van der Waals surface area contributed by atoms with Crippen LogP contribution in [0.2, 0.25) is 0 Å². The molecule has 1 aliphatic rings. The van der Waals surface area contributed by atoms with E-state index in [4.69, 9.17) is 15.2 Å². The third-order valence-electron chi connectivity index (χ3n) is 6.77. The van der Waals surface area contributed by atoms with E-state index in [9.17, 15) is 4.39 Å². The fraction of sp³-hybridized carbons (Fsp3) is 0.444. The quantitative estimate of drug-likeness (QED) is 0.278. The highest BCUT2D eigenvalue weighted by atomic mass is 19.2. The van der Waals surface area contributed by atoms with Crippen molar-refractivity contribution in [1.82, 2.24) is 39.9 Å². The highest BCUT2D eigenvalue weighted by Gasteiger charge is 2.22. The monoisotopic (exact) mass is 553 g/mol. The molecule has 0 bridgehead atoms. The third kappa shape index (κ3) is 6.26. The molecule has 0 aliphatic carbocycles. The number of nitrogens with zero attached hydrogens (tertiary/aromatic N) is 8. The van der Waals surface area contributed by atoms with Crippen molar-refractivity contribution in [2.24, 2.45) is 5.92 Å². The van der Waals surface area contributed by atoms with Crippen LogP contribution in [0.4, 0.5) is 14.6 Å². The second kappa shape index (κ2) is 12.5. The van der Waals surface area contributed by atoms with Crippen molar-refractivity contribution < 1.29 is 18.3 Å². The lowest BCUT2D eigenvalue weighted by atomic mass is 10.1. The highest BCUT2D eigenvalue weighted by molar-refractivity contribution is 5.76. The van der Waals surface area contributed by atoms with Gasteiger partial charge >= 0.3 is 0 Å². The van der Waals surface area contributed by atoms with Crippen LogP contribution < -0.4 is 10.5 Å². The summed E-state index contributed by atoms with van der Waals surface area (Å²) in [5.41, 5.74) is 7.94. The minimum atomic E-state index is -1.13. The third-order valence-corrected chi connectivity index (χ3v) is 6.77. The average molecular weight is 554 g/mol. The van der Waals surface area contributed by atoms with Gasteiger partial charge in [0.1, 0.15) is 11.5 Å². The Labute approximate surface area is 230 Å². The van der Waals surface area contributed by atoms with Crippen molar-refractivity contribution in [1.29, 1.82) is 0 Å². The Kier molecular flexibility index (Phi) is 8.60. The fourth-order valence-electron chi connectivity index (χ4n) is 4.45. The number of nitrogens with two attached hydrogens (primary N) is 1. The highest BCUT2D eigenvalue weighted by Crippen LogP contribution is 2.31. The Morgan fingerprint density at radius 3 is 2.70 bits per heavy atom. The number of benzene rings is 1. The van der Waals surface area contributed by atoms with Gasteiger partial charge in [-0.15, -0.1) is 5.10 Å². The van der Waals surface area contributed by atoms with Crippen LogP contribution in [-0.4, -0.2) is 79.3 Å². The molecule has 5 rings (SSSR count). The Hall–Kier alpha value is -3.97. The molecular formula is C27H33F2N9O2. The molecule has 4 aromatic rings. The molecule has 1 aliphatic heterocycles. The van der Waals surface area contributed by atoms with Crippen molar-refractivity contribution in [2.75, 3.05) is 45.2 Å². The van der Waals surface area contributed by atoms with E-state index >= 15 is 4.39 Å².